The Balaban J connectivity index is 0.00000312. The second-order valence-corrected chi connectivity index (χ2v) is 10.5. The molecule has 0 saturated carbocycles. The third-order valence-corrected chi connectivity index (χ3v) is 6.70. The first-order valence-electron chi connectivity index (χ1n) is 8.19. The molecule has 1 saturated heterocycles. The quantitative estimate of drug-likeness (QED) is 0.746. The molecule has 1 aliphatic heterocycles. The van der Waals surface area contributed by atoms with Crippen molar-refractivity contribution in [2.75, 3.05) is 36.4 Å². The highest BCUT2D eigenvalue weighted by Crippen LogP contribution is 2.18. The Kier molecular flexibility index (Phi) is 8.18. The van der Waals surface area contributed by atoms with Gasteiger partial charge in [-0.05, 0) is 69.1 Å². The number of nitrogens with zero attached hydrogens (tertiary/aromatic N) is 1. The Morgan fingerprint density at radius 2 is 1.64 bits per heavy atom. The molecule has 0 bridgehead atoms. The van der Waals surface area contributed by atoms with Gasteiger partial charge in [0.2, 0.25) is 10.0 Å². The lowest BCUT2D eigenvalue weighted by Crippen LogP contribution is -2.34. The van der Waals surface area contributed by atoms with Gasteiger partial charge in [0.25, 0.3) is 0 Å². The maximum atomic E-state index is 12.4. The summed E-state index contributed by atoms with van der Waals surface area (Å²) in [5.74, 6) is 0.877. The number of hydrogen-bond acceptors (Lipinski definition) is 5. The van der Waals surface area contributed by atoms with Gasteiger partial charge in [-0.2, -0.15) is 0 Å². The third-order valence-electron chi connectivity index (χ3n) is 4.28. The molecule has 0 radical (unpaired) electrons. The molecule has 0 amide bonds. The van der Waals surface area contributed by atoms with Crippen molar-refractivity contribution in [1.29, 1.82) is 0 Å². The van der Waals surface area contributed by atoms with Crippen LogP contribution in [0.5, 0.6) is 0 Å². The molecule has 25 heavy (non-hydrogen) atoms. The molecule has 6 nitrogen and oxygen atoms in total. The van der Waals surface area contributed by atoms with E-state index in [9.17, 15) is 16.8 Å². The number of nitrogens with one attached hydrogen (secondary N) is 1. The number of benzene rings is 1. The van der Waals surface area contributed by atoms with Crippen LogP contribution in [-0.2, 0) is 19.9 Å². The highest BCUT2D eigenvalue weighted by molar-refractivity contribution is 7.92. The second-order valence-electron chi connectivity index (χ2n) is 6.60. The first kappa shape index (κ1) is 22.2. The minimum Gasteiger partial charge on any atom is -0.303 e. The Morgan fingerprint density at radius 1 is 1.08 bits per heavy atom. The molecule has 9 heteroatoms. The molecule has 1 N–H and O–H groups in total. The molecular formula is C16H27ClN2O4S2. The van der Waals surface area contributed by atoms with Crippen molar-refractivity contribution < 1.29 is 16.8 Å². The largest absolute Gasteiger partial charge is 0.303 e. The summed E-state index contributed by atoms with van der Waals surface area (Å²) in [5.41, 5.74) is 0.360. The summed E-state index contributed by atoms with van der Waals surface area (Å²) < 4.78 is 49.4. The Bertz CT molecular complexity index is 741. The summed E-state index contributed by atoms with van der Waals surface area (Å²) in [4.78, 5) is 2.56. The molecular weight excluding hydrogens is 384 g/mol. The third kappa shape index (κ3) is 7.52. The molecule has 0 unspecified atom stereocenters. The van der Waals surface area contributed by atoms with Crippen LogP contribution in [0.4, 0.5) is 5.69 Å². The van der Waals surface area contributed by atoms with Gasteiger partial charge in [0, 0.05) is 5.69 Å². The Hall–Kier alpha value is -0.830. The molecule has 2 rings (SSSR count). The standard InChI is InChI=1S/C16H26N2O4S2.ClH/c1-14-8-11-18(12-9-14)10-3-13-24(21,22)16-6-4-15(5-7-16)17-23(2,19)20;/h4-7,14,17H,3,8-13H2,1-2H3;1H. The van der Waals surface area contributed by atoms with Crippen LogP contribution in [0, 0.1) is 5.92 Å². The van der Waals surface area contributed by atoms with Crippen molar-refractivity contribution >= 4 is 38.0 Å². The molecule has 0 aromatic heterocycles. The van der Waals surface area contributed by atoms with Crippen molar-refractivity contribution in [2.24, 2.45) is 5.92 Å². The second kappa shape index (κ2) is 9.21. The van der Waals surface area contributed by atoms with E-state index < -0.39 is 19.9 Å². The summed E-state index contributed by atoms with van der Waals surface area (Å²) in [5, 5.41) is 0. The van der Waals surface area contributed by atoms with Crippen molar-refractivity contribution in [1.82, 2.24) is 4.90 Å². The first-order chi connectivity index (χ1) is 11.2. The lowest BCUT2D eigenvalue weighted by atomic mass is 9.99. The number of halogens is 1. The molecule has 144 valence electrons. The number of rotatable bonds is 7. The van der Waals surface area contributed by atoms with E-state index in [2.05, 4.69) is 16.5 Å². The number of piperidine rings is 1. The fourth-order valence-electron chi connectivity index (χ4n) is 2.83. The zero-order valence-electron chi connectivity index (χ0n) is 14.6. The molecule has 1 heterocycles. The molecule has 1 aromatic carbocycles. The van der Waals surface area contributed by atoms with Crippen molar-refractivity contribution in [2.45, 2.75) is 31.1 Å². The van der Waals surface area contributed by atoms with Crippen LogP contribution in [0.3, 0.4) is 0 Å². The van der Waals surface area contributed by atoms with Crippen LogP contribution in [-0.4, -0.2) is 53.4 Å². The molecule has 1 fully saturated rings. The SMILES string of the molecule is CC1CCN(CCCS(=O)(=O)c2ccc(NS(C)(=O)=O)cc2)CC1.Cl. The maximum Gasteiger partial charge on any atom is 0.229 e. The highest BCUT2D eigenvalue weighted by Gasteiger charge is 2.18. The zero-order valence-corrected chi connectivity index (χ0v) is 17.1. The monoisotopic (exact) mass is 410 g/mol. The Morgan fingerprint density at radius 3 is 2.16 bits per heavy atom. The smallest absolute Gasteiger partial charge is 0.229 e. The summed E-state index contributed by atoms with van der Waals surface area (Å²) in [7, 11) is -6.70. The van der Waals surface area contributed by atoms with E-state index in [1.165, 1.54) is 37.1 Å². The van der Waals surface area contributed by atoms with Crippen LogP contribution in [0.25, 0.3) is 0 Å². The highest BCUT2D eigenvalue weighted by atomic mass is 35.5. The predicted octanol–water partition coefficient (Wildman–Crippen LogP) is 2.38. The van der Waals surface area contributed by atoms with E-state index in [1.807, 2.05) is 0 Å². The summed E-state index contributed by atoms with van der Waals surface area (Å²) in [6.45, 7) is 5.16. The summed E-state index contributed by atoms with van der Waals surface area (Å²) in [6, 6.07) is 5.84. The average molecular weight is 411 g/mol. The van der Waals surface area contributed by atoms with E-state index in [-0.39, 0.29) is 23.1 Å². The van der Waals surface area contributed by atoms with Crippen LogP contribution >= 0.6 is 12.4 Å². The fraction of sp³-hybridized carbons (Fsp3) is 0.625. The number of hydrogen-bond donors (Lipinski definition) is 1. The normalized spacial score (nSPS) is 17.0. The molecule has 1 aliphatic rings. The predicted molar refractivity (Wildman–Crippen MR) is 104 cm³/mol. The van der Waals surface area contributed by atoms with Crippen LogP contribution in [0.2, 0.25) is 0 Å². The minimum absolute atomic E-state index is 0. The average Bonchev–Trinajstić information content (AvgIpc) is 2.48. The number of likely N-dealkylation sites (tertiary alicyclic amines) is 1. The minimum atomic E-state index is -3.36. The van der Waals surface area contributed by atoms with Crippen LogP contribution in [0.15, 0.2) is 29.2 Å². The van der Waals surface area contributed by atoms with Gasteiger partial charge in [0.15, 0.2) is 9.84 Å². The zero-order chi connectivity index (χ0) is 17.8. The van der Waals surface area contributed by atoms with Crippen molar-refractivity contribution in [3.8, 4) is 0 Å². The van der Waals surface area contributed by atoms with Gasteiger partial charge in [0.1, 0.15) is 0 Å². The molecule has 1 aromatic rings. The fourth-order valence-corrected chi connectivity index (χ4v) is 4.69. The first-order valence-corrected chi connectivity index (χ1v) is 11.7. The van der Waals surface area contributed by atoms with Gasteiger partial charge in [-0.15, -0.1) is 12.4 Å². The van der Waals surface area contributed by atoms with E-state index >= 15 is 0 Å². The van der Waals surface area contributed by atoms with Gasteiger partial charge in [-0.3, -0.25) is 4.72 Å². The van der Waals surface area contributed by atoms with E-state index in [0.29, 0.717) is 12.1 Å². The summed E-state index contributed by atoms with van der Waals surface area (Å²) >= 11 is 0. The molecule has 0 atom stereocenters. The maximum absolute atomic E-state index is 12.4. The lowest BCUT2D eigenvalue weighted by molar-refractivity contribution is 0.193. The number of sulfone groups is 1. The number of anilines is 1. The lowest BCUT2D eigenvalue weighted by Gasteiger charge is -2.30. The van der Waals surface area contributed by atoms with Crippen molar-refractivity contribution in [3.05, 3.63) is 24.3 Å². The van der Waals surface area contributed by atoms with Gasteiger partial charge >= 0.3 is 0 Å². The van der Waals surface area contributed by atoms with Gasteiger partial charge in [-0.1, -0.05) is 6.92 Å². The van der Waals surface area contributed by atoms with Crippen molar-refractivity contribution in [3.63, 3.8) is 0 Å². The van der Waals surface area contributed by atoms with Gasteiger partial charge < -0.3 is 4.90 Å². The van der Waals surface area contributed by atoms with Gasteiger partial charge in [0.05, 0.1) is 16.9 Å². The van der Waals surface area contributed by atoms with Crippen LogP contribution < -0.4 is 4.72 Å². The van der Waals surface area contributed by atoms with E-state index in [4.69, 9.17) is 0 Å². The van der Waals surface area contributed by atoms with E-state index in [1.54, 1.807) is 0 Å². The number of sulfonamides is 1. The molecule has 0 aliphatic carbocycles. The topological polar surface area (TPSA) is 83.6 Å². The van der Waals surface area contributed by atoms with Crippen LogP contribution in [0.1, 0.15) is 26.2 Å². The Labute approximate surface area is 157 Å². The summed E-state index contributed by atoms with van der Waals surface area (Å²) in [6.07, 6.45) is 4.03. The van der Waals surface area contributed by atoms with E-state index in [0.717, 1.165) is 31.8 Å². The molecule has 0 spiro atoms. The van der Waals surface area contributed by atoms with Gasteiger partial charge in [-0.25, -0.2) is 16.8 Å².